The van der Waals surface area contributed by atoms with Gasteiger partial charge in [-0.15, -0.1) is 0 Å². The zero-order chi connectivity index (χ0) is 10.7. The minimum absolute atomic E-state index is 0.0436. The minimum atomic E-state index is 0.0436. The topological polar surface area (TPSA) is 41.9 Å². The third-order valence-corrected chi connectivity index (χ3v) is 2.48. The van der Waals surface area contributed by atoms with Crippen molar-refractivity contribution in [3.8, 4) is 5.75 Å². The second kappa shape index (κ2) is 4.51. The molecule has 2 rings (SSSR count). The van der Waals surface area contributed by atoms with Gasteiger partial charge in [0.25, 0.3) is 0 Å². The highest BCUT2D eigenvalue weighted by Crippen LogP contribution is 2.31. The lowest BCUT2D eigenvalue weighted by Crippen LogP contribution is -2.22. The van der Waals surface area contributed by atoms with E-state index in [0.717, 1.165) is 24.4 Å². The molecular weight excluding hydrogens is 194 g/mol. The van der Waals surface area contributed by atoms with Crippen LogP contribution < -0.4 is 9.80 Å². The van der Waals surface area contributed by atoms with Gasteiger partial charge < -0.3 is 9.84 Å². The summed E-state index contributed by atoms with van der Waals surface area (Å²) < 4.78 is 5.16. The molecule has 4 heteroatoms. The van der Waals surface area contributed by atoms with Gasteiger partial charge in [-0.05, 0) is 30.2 Å². The van der Waals surface area contributed by atoms with Crippen LogP contribution in [0.5, 0.6) is 5.75 Å². The molecule has 1 heterocycles. The number of hydroxylamine groups is 1. The molecule has 0 radical (unpaired) electrons. The minimum Gasteiger partial charge on any atom is -0.497 e. The predicted molar refractivity (Wildman–Crippen MR) is 57.1 cm³/mol. The Bertz CT molecular complexity index is 341. The van der Waals surface area contributed by atoms with E-state index in [-0.39, 0.29) is 6.61 Å². The Morgan fingerprint density at radius 2 is 2.33 bits per heavy atom. The second-order valence-corrected chi connectivity index (χ2v) is 3.40. The van der Waals surface area contributed by atoms with E-state index < -0.39 is 0 Å². The first-order valence-electron chi connectivity index (χ1n) is 5.03. The average Bonchev–Trinajstić information content (AvgIpc) is 2.68. The van der Waals surface area contributed by atoms with Crippen molar-refractivity contribution < 1.29 is 14.7 Å². The summed E-state index contributed by atoms with van der Waals surface area (Å²) in [7, 11) is 1.66. The summed E-state index contributed by atoms with van der Waals surface area (Å²) in [6.45, 7) is 1.22. The number of nitrogens with zero attached hydrogens (tertiary/aromatic N) is 1. The number of anilines is 1. The number of benzene rings is 1. The maximum atomic E-state index is 8.69. The Hall–Kier alpha value is -1.26. The molecule has 1 N–H and O–H groups in total. The van der Waals surface area contributed by atoms with Gasteiger partial charge in [0.2, 0.25) is 0 Å². The Kier molecular flexibility index (Phi) is 3.08. The fraction of sp³-hybridized carbons (Fsp3) is 0.455. The van der Waals surface area contributed by atoms with E-state index in [1.54, 1.807) is 7.11 Å². The Morgan fingerprint density at radius 1 is 1.47 bits per heavy atom. The van der Waals surface area contributed by atoms with E-state index in [0.29, 0.717) is 6.61 Å². The van der Waals surface area contributed by atoms with Gasteiger partial charge in [0.1, 0.15) is 5.75 Å². The van der Waals surface area contributed by atoms with Gasteiger partial charge in [0.15, 0.2) is 0 Å². The lowest BCUT2D eigenvalue weighted by molar-refractivity contribution is 0.0765. The van der Waals surface area contributed by atoms with Crippen LogP contribution in [-0.4, -0.2) is 32.0 Å². The molecule has 15 heavy (non-hydrogen) atoms. The first kappa shape index (κ1) is 10.3. The predicted octanol–water partition coefficient (Wildman–Crippen LogP) is 0.982. The Labute approximate surface area is 89.0 Å². The van der Waals surface area contributed by atoms with Crippen molar-refractivity contribution in [1.82, 2.24) is 0 Å². The molecule has 0 saturated carbocycles. The zero-order valence-electron chi connectivity index (χ0n) is 8.77. The van der Waals surface area contributed by atoms with E-state index in [2.05, 4.69) is 0 Å². The number of fused-ring (bicyclic) bond motifs is 1. The van der Waals surface area contributed by atoms with Crippen molar-refractivity contribution in [2.75, 3.05) is 31.9 Å². The largest absolute Gasteiger partial charge is 0.497 e. The van der Waals surface area contributed by atoms with Crippen LogP contribution in [-0.2, 0) is 11.3 Å². The van der Waals surface area contributed by atoms with Crippen LogP contribution in [0, 0.1) is 0 Å². The van der Waals surface area contributed by atoms with Gasteiger partial charge in [-0.1, -0.05) is 0 Å². The highest BCUT2D eigenvalue weighted by molar-refractivity contribution is 5.58. The number of ether oxygens (including phenoxy) is 1. The first-order valence-corrected chi connectivity index (χ1v) is 5.03. The highest BCUT2D eigenvalue weighted by Gasteiger charge is 2.19. The van der Waals surface area contributed by atoms with Crippen LogP contribution in [0.2, 0.25) is 0 Å². The molecule has 0 aromatic heterocycles. The van der Waals surface area contributed by atoms with E-state index in [4.69, 9.17) is 14.7 Å². The van der Waals surface area contributed by atoms with Crippen molar-refractivity contribution >= 4 is 5.69 Å². The molecule has 0 bridgehead atoms. The number of methoxy groups -OCH3 is 1. The van der Waals surface area contributed by atoms with Gasteiger partial charge in [0, 0.05) is 6.54 Å². The molecule has 0 spiro atoms. The molecule has 82 valence electrons. The standard InChI is InChI=1S/C11H15NO3/c1-14-10-2-3-11-9(8-10)4-5-12(11)15-7-6-13/h2-3,8,13H,4-7H2,1H3. The lowest BCUT2D eigenvalue weighted by atomic mass is 10.1. The maximum absolute atomic E-state index is 8.69. The average molecular weight is 209 g/mol. The number of rotatable bonds is 4. The summed E-state index contributed by atoms with van der Waals surface area (Å²) in [5.74, 6) is 0.873. The van der Waals surface area contributed by atoms with Crippen LogP contribution in [0.4, 0.5) is 5.69 Å². The molecule has 0 unspecified atom stereocenters. The van der Waals surface area contributed by atoms with Crippen molar-refractivity contribution in [2.45, 2.75) is 6.42 Å². The van der Waals surface area contributed by atoms with Crippen LogP contribution in [0.1, 0.15) is 5.56 Å². The quantitative estimate of drug-likeness (QED) is 0.802. The number of aliphatic hydroxyl groups is 1. The van der Waals surface area contributed by atoms with E-state index in [1.165, 1.54) is 5.56 Å². The van der Waals surface area contributed by atoms with E-state index in [1.807, 2.05) is 23.3 Å². The molecule has 0 amide bonds. The number of aliphatic hydroxyl groups excluding tert-OH is 1. The second-order valence-electron chi connectivity index (χ2n) is 3.40. The summed E-state index contributed by atoms with van der Waals surface area (Å²) in [4.78, 5) is 5.39. The molecule has 1 aliphatic rings. The van der Waals surface area contributed by atoms with Crippen LogP contribution >= 0.6 is 0 Å². The Morgan fingerprint density at radius 3 is 3.07 bits per heavy atom. The molecule has 1 aromatic carbocycles. The van der Waals surface area contributed by atoms with Crippen molar-refractivity contribution in [1.29, 1.82) is 0 Å². The van der Waals surface area contributed by atoms with Gasteiger partial charge in [0.05, 0.1) is 26.0 Å². The molecule has 4 nitrogen and oxygen atoms in total. The fourth-order valence-electron chi connectivity index (χ4n) is 1.76. The van der Waals surface area contributed by atoms with Crippen LogP contribution in [0.25, 0.3) is 0 Å². The lowest BCUT2D eigenvalue weighted by Gasteiger charge is -2.18. The van der Waals surface area contributed by atoms with Crippen LogP contribution in [0.3, 0.4) is 0 Å². The fourth-order valence-corrected chi connectivity index (χ4v) is 1.76. The first-order chi connectivity index (χ1) is 7.35. The molecule has 0 aliphatic carbocycles. The third kappa shape index (κ3) is 2.06. The van der Waals surface area contributed by atoms with Gasteiger partial charge >= 0.3 is 0 Å². The van der Waals surface area contributed by atoms with Gasteiger partial charge in [-0.2, -0.15) is 0 Å². The Balaban J connectivity index is 2.13. The van der Waals surface area contributed by atoms with Crippen LogP contribution in [0.15, 0.2) is 18.2 Å². The SMILES string of the molecule is COc1ccc2c(c1)CCN2OCCO. The van der Waals surface area contributed by atoms with Gasteiger partial charge in [-0.25, -0.2) is 0 Å². The molecule has 1 aliphatic heterocycles. The summed E-state index contributed by atoms with van der Waals surface area (Å²) >= 11 is 0. The summed E-state index contributed by atoms with van der Waals surface area (Å²) in [6.07, 6.45) is 0.956. The summed E-state index contributed by atoms with van der Waals surface area (Å²) in [6, 6.07) is 5.93. The van der Waals surface area contributed by atoms with E-state index >= 15 is 0 Å². The molecule has 0 atom stereocenters. The molecule has 1 aromatic rings. The third-order valence-electron chi connectivity index (χ3n) is 2.48. The van der Waals surface area contributed by atoms with Crippen molar-refractivity contribution in [3.05, 3.63) is 23.8 Å². The summed E-state index contributed by atoms with van der Waals surface area (Å²) in [5.41, 5.74) is 2.30. The highest BCUT2D eigenvalue weighted by atomic mass is 16.7. The smallest absolute Gasteiger partial charge is 0.119 e. The number of hydrogen-bond acceptors (Lipinski definition) is 4. The summed E-state index contributed by atoms with van der Waals surface area (Å²) in [5, 5.41) is 10.5. The molecular formula is C11H15NO3. The maximum Gasteiger partial charge on any atom is 0.119 e. The molecule has 0 fully saturated rings. The van der Waals surface area contributed by atoms with Crippen molar-refractivity contribution in [2.24, 2.45) is 0 Å². The zero-order valence-corrected chi connectivity index (χ0v) is 8.77. The molecule has 0 saturated heterocycles. The normalized spacial score (nSPS) is 14.1. The van der Waals surface area contributed by atoms with E-state index in [9.17, 15) is 0 Å². The monoisotopic (exact) mass is 209 g/mol. The van der Waals surface area contributed by atoms with Gasteiger partial charge in [-0.3, -0.25) is 9.90 Å². The number of hydrogen-bond donors (Lipinski definition) is 1. The van der Waals surface area contributed by atoms with Crippen molar-refractivity contribution in [3.63, 3.8) is 0 Å².